The van der Waals surface area contributed by atoms with E-state index in [4.69, 9.17) is 11.6 Å². The summed E-state index contributed by atoms with van der Waals surface area (Å²) in [5.41, 5.74) is 4.11. The number of amides is 1. The van der Waals surface area contributed by atoms with E-state index in [0.717, 1.165) is 26.6 Å². The largest absolute Gasteiger partial charge is 0.344 e. The molecule has 0 aliphatic heterocycles. The number of benzene rings is 4. The zero-order valence-corrected chi connectivity index (χ0v) is 21.6. The van der Waals surface area contributed by atoms with Crippen LogP contribution in [0.2, 0.25) is 5.02 Å². The lowest BCUT2D eigenvalue weighted by Crippen LogP contribution is -2.42. The average molecular weight is 519 g/mol. The molecule has 4 rings (SSSR count). The molecule has 0 aliphatic rings. The molecule has 1 unspecified atom stereocenters. The van der Waals surface area contributed by atoms with Gasteiger partial charge in [0.05, 0.1) is 16.6 Å². The van der Waals surface area contributed by atoms with Crippen molar-refractivity contribution in [1.29, 1.82) is 0 Å². The molecular weight excluding hydrogens is 492 g/mol. The van der Waals surface area contributed by atoms with Gasteiger partial charge in [0.15, 0.2) is 0 Å². The van der Waals surface area contributed by atoms with Crippen LogP contribution in [-0.2, 0) is 14.8 Å². The third kappa shape index (κ3) is 5.96. The van der Waals surface area contributed by atoms with Gasteiger partial charge < -0.3 is 5.32 Å². The van der Waals surface area contributed by atoms with Crippen LogP contribution in [-0.4, -0.2) is 20.9 Å². The van der Waals surface area contributed by atoms with Crippen molar-refractivity contribution >= 4 is 33.2 Å². The lowest BCUT2D eigenvalue weighted by Gasteiger charge is -2.26. The Hall–Kier alpha value is -3.61. The van der Waals surface area contributed by atoms with Crippen molar-refractivity contribution in [2.45, 2.75) is 24.8 Å². The molecule has 0 heterocycles. The van der Waals surface area contributed by atoms with Crippen molar-refractivity contribution < 1.29 is 13.2 Å². The highest BCUT2D eigenvalue weighted by molar-refractivity contribution is 7.92. The van der Waals surface area contributed by atoms with E-state index >= 15 is 0 Å². The SMILES string of the molecule is Cc1ccc(S(=O)(=O)N(CC(=O)NC(c2ccccc2)c2cccc(C)c2)c2cccc(Cl)c2)cc1. The number of hydrogen-bond donors (Lipinski definition) is 1. The van der Waals surface area contributed by atoms with Gasteiger partial charge >= 0.3 is 0 Å². The van der Waals surface area contributed by atoms with Crippen LogP contribution in [0.3, 0.4) is 0 Å². The number of aryl methyl sites for hydroxylation is 2. The maximum Gasteiger partial charge on any atom is 0.264 e. The van der Waals surface area contributed by atoms with Crippen LogP contribution in [0.15, 0.2) is 108 Å². The topological polar surface area (TPSA) is 66.5 Å². The van der Waals surface area contributed by atoms with Gasteiger partial charge in [-0.05, 0) is 55.3 Å². The molecule has 0 aromatic heterocycles. The van der Waals surface area contributed by atoms with Crippen molar-refractivity contribution in [3.05, 3.63) is 130 Å². The molecule has 0 bridgehead atoms. The van der Waals surface area contributed by atoms with Crippen LogP contribution >= 0.6 is 11.6 Å². The number of sulfonamides is 1. The second-order valence-corrected chi connectivity index (χ2v) is 10.9. The molecule has 0 radical (unpaired) electrons. The Morgan fingerprint density at radius 2 is 1.47 bits per heavy atom. The molecule has 0 fully saturated rings. The highest BCUT2D eigenvalue weighted by Gasteiger charge is 2.28. The van der Waals surface area contributed by atoms with E-state index < -0.39 is 28.5 Å². The summed E-state index contributed by atoms with van der Waals surface area (Å²) >= 11 is 6.18. The van der Waals surface area contributed by atoms with Crippen molar-refractivity contribution in [2.75, 3.05) is 10.8 Å². The first-order valence-electron chi connectivity index (χ1n) is 11.5. The smallest absolute Gasteiger partial charge is 0.264 e. The summed E-state index contributed by atoms with van der Waals surface area (Å²) in [5.74, 6) is -0.443. The molecule has 1 N–H and O–H groups in total. The number of nitrogens with zero attached hydrogens (tertiary/aromatic N) is 1. The van der Waals surface area contributed by atoms with Gasteiger partial charge in [0.25, 0.3) is 10.0 Å². The third-order valence-electron chi connectivity index (χ3n) is 5.81. The summed E-state index contributed by atoms with van der Waals surface area (Å²) in [6.45, 7) is 3.46. The second-order valence-electron chi connectivity index (χ2n) is 8.63. The van der Waals surface area contributed by atoms with Crippen molar-refractivity contribution in [3.63, 3.8) is 0 Å². The fraction of sp³-hybridized carbons (Fsp3) is 0.138. The number of halogens is 1. The second kappa shape index (κ2) is 11.0. The van der Waals surface area contributed by atoms with Crippen LogP contribution < -0.4 is 9.62 Å². The van der Waals surface area contributed by atoms with Crippen molar-refractivity contribution in [3.8, 4) is 0 Å². The predicted octanol–water partition coefficient (Wildman–Crippen LogP) is 6.06. The van der Waals surface area contributed by atoms with E-state index in [9.17, 15) is 13.2 Å². The van der Waals surface area contributed by atoms with Gasteiger partial charge in [-0.15, -0.1) is 0 Å². The number of carbonyl (C=O) groups excluding carboxylic acids is 1. The van der Waals surface area contributed by atoms with E-state index in [0.29, 0.717) is 10.7 Å². The number of rotatable bonds is 8. The van der Waals surface area contributed by atoms with E-state index in [1.54, 1.807) is 42.5 Å². The Balaban J connectivity index is 1.69. The Bertz CT molecular complexity index is 1460. The van der Waals surface area contributed by atoms with Gasteiger partial charge in [0.2, 0.25) is 5.91 Å². The van der Waals surface area contributed by atoms with Crippen LogP contribution in [0.1, 0.15) is 28.3 Å². The Morgan fingerprint density at radius 1 is 0.806 bits per heavy atom. The summed E-state index contributed by atoms with van der Waals surface area (Å²) in [4.78, 5) is 13.5. The third-order valence-corrected chi connectivity index (χ3v) is 7.83. The maximum absolute atomic E-state index is 13.7. The minimum atomic E-state index is -4.04. The molecule has 36 heavy (non-hydrogen) atoms. The molecule has 0 aliphatic carbocycles. The summed E-state index contributed by atoms with van der Waals surface area (Å²) in [6, 6.07) is 30.1. The fourth-order valence-corrected chi connectivity index (χ4v) is 5.57. The molecule has 0 spiro atoms. The first kappa shape index (κ1) is 25.5. The van der Waals surface area contributed by atoms with Crippen molar-refractivity contribution in [2.24, 2.45) is 0 Å². The standard InChI is InChI=1S/C29H27ClN2O3S/c1-21-14-16-27(17-15-21)36(34,35)32(26-13-7-12-25(30)19-26)20-28(33)31-29(23-9-4-3-5-10-23)24-11-6-8-22(2)18-24/h3-19,29H,20H2,1-2H3,(H,31,33). The van der Waals surface area contributed by atoms with Crippen LogP contribution in [0.25, 0.3) is 0 Å². The lowest BCUT2D eigenvalue weighted by atomic mass is 9.97. The van der Waals surface area contributed by atoms with Gasteiger partial charge in [-0.2, -0.15) is 0 Å². The summed E-state index contributed by atoms with van der Waals surface area (Å²) in [7, 11) is -4.04. The molecule has 4 aromatic carbocycles. The first-order chi connectivity index (χ1) is 17.2. The van der Waals surface area contributed by atoms with E-state index in [1.165, 1.54) is 6.07 Å². The van der Waals surface area contributed by atoms with E-state index in [-0.39, 0.29) is 4.90 Å². The van der Waals surface area contributed by atoms with Crippen LogP contribution in [0.4, 0.5) is 5.69 Å². The Morgan fingerprint density at radius 3 is 2.14 bits per heavy atom. The van der Waals surface area contributed by atoms with Gasteiger partial charge in [0, 0.05) is 5.02 Å². The molecule has 0 saturated heterocycles. The normalized spacial score (nSPS) is 12.1. The molecule has 7 heteroatoms. The summed E-state index contributed by atoms with van der Waals surface area (Å²) in [5, 5.41) is 3.42. The maximum atomic E-state index is 13.7. The fourth-order valence-electron chi connectivity index (χ4n) is 3.98. The summed E-state index contributed by atoms with van der Waals surface area (Å²) in [6.07, 6.45) is 0. The molecule has 0 saturated carbocycles. The van der Waals surface area contributed by atoms with Gasteiger partial charge in [-0.1, -0.05) is 95.5 Å². The first-order valence-corrected chi connectivity index (χ1v) is 13.3. The minimum absolute atomic E-state index is 0.0965. The van der Waals surface area contributed by atoms with Crippen molar-refractivity contribution in [1.82, 2.24) is 5.32 Å². The molecule has 5 nitrogen and oxygen atoms in total. The Labute approximate surface area is 217 Å². The molecular formula is C29H27ClN2O3S. The van der Waals surface area contributed by atoms with Crippen LogP contribution in [0, 0.1) is 13.8 Å². The molecule has 184 valence electrons. The number of hydrogen-bond acceptors (Lipinski definition) is 3. The number of carbonyl (C=O) groups is 1. The zero-order chi connectivity index (χ0) is 25.7. The van der Waals surface area contributed by atoms with Gasteiger partial charge in [-0.25, -0.2) is 8.42 Å². The van der Waals surface area contributed by atoms with Crippen LogP contribution in [0.5, 0.6) is 0 Å². The number of anilines is 1. The van der Waals surface area contributed by atoms with Gasteiger partial charge in [-0.3, -0.25) is 9.10 Å². The average Bonchev–Trinajstić information content (AvgIpc) is 2.86. The molecule has 1 atom stereocenters. The van der Waals surface area contributed by atoms with Gasteiger partial charge in [0.1, 0.15) is 6.54 Å². The highest BCUT2D eigenvalue weighted by Crippen LogP contribution is 2.27. The van der Waals surface area contributed by atoms with E-state index in [2.05, 4.69) is 5.32 Å². The monoisotopic (exact) mass is 518 g/mol. The highest BCUT2D eigenvalue weighted by atomic mass is 35.5. The summed E-state index contributed by atoms with van der Waals surface area (Å²) < 4.78 is 28.4. The quantitative estimate of drug-likeness (QED) is 0.308. The Kier molecular flexibility index (Phi) is 7.77. The predicted molar refractivity (Wildman–Crippen MR) is 145 cm³/mol. The zero-order valence-electron chi connectivity index (χ0n) is 20.1. The van der Waals surface area contributed by atoms with E-state index in [1.807, 2.05) is 68.4 Å². The minimum Gasteiger partial charge on any atom is -0.344 e. The molecule has 4 aromatic rings. The molecule has 1 amide bonds. The lowest BCUT2D eigenvalue weighted by molar-refractivity contribution is -0.120. The number of nitrogens with one attached hydrogen (secondary N) is 1.